The molecule has 3 aromatic rings. The lowest BCUT2D eigenvalue weighted by atomic mass is 9.76. The van der Waals surface area contributed by atoms with Crippen LogP contribution in [0.1, 0.15) is 34.6 Å². The van der Waals surface area contributed by atoms with Crippen molar-refractivity contribution in [1.82, 2.24) is 4.98 Å². The summed E-state index contributed by atoms with van der Waals surface area (Å²) in [4.78, 5) is 17.4. The molecular formula is C23H19NO2. The number of benzene rings is 2. The molecule has 1 aliphatic carbocycles. The predicted molar refractivity (Wildman–Crippen MR) is 103 cm³/mol. The molecule has 1 aromatic heterocycles. The summed E-state index contributed by atoms with van der Waals surface area (Å²) in [5.41, 5.74) is 3.94. The number of aryl methyl sites for hydroxylation is 1. The maximum Gasteiger partial charge on any atom is 0.174 e. The van der Waals surface area contributed by atoms with Gasteiger partial charge in [-0.2, -0.15) is 0 Å². The fourth-order valence-electron chi connectivity index (χ4n) is 3.61. The van der Waals surface area contributed by atoms with Gasteiger partial charge in [0.15, 0.2) is 5.78 Å². The normalized spacial score (nSPS) is 16.5. The maximum absolute atomic E-state index is 13.3. The number of carbonyl (C=O) groups excluding carboxylic acids is 1. The van der Waals surface area contributed by atoms with Crippen molar-refractivity contribution in [1.29, 1.82) is 0 Å². The van der Waals surface area contributed by atoms with Gasteiger partial charge in [-0.15, -0.1) is 0 Å². The topological polar surface area (TPSA) is 50.2 Å². The first-order valence-electron chi connectivity index (χ1n) is 8.77. The third-order valence-electron chi connectivity index (χ3n) is 4.90. The molecule has 2 aromatic carbocycles. The van der Waals surface area contributed by atoms with Crippen molar-refractivity contribution in [3.8, 4) is 0 Å². The highest BCUT2D eigenvalue weighted by molar-refractivity contribution is 6.31. The minimum absolute atomic E-state index is 0.0173. The number of hydrogen-bond donors (Lipinski definition) is 1. The van der Waals surface area contributed by atoms with Crippen molar-refractivity contribution in [3.63, 3.8) is 0 Å². The summed E-state index contributed by atoms with van der Waals surface area (Å²) >= 11 is 0. The SMILES string of the molecule is O=C1C(c2ccccc2)=C(O)c2ccccc2C1CCc1cccnc1. The van der Waals surface area contributed by atoms with E-state index in [1.54, 1.807) is 6.20 Å². The van der Waals surface area contributed by atoms with Crippen molar-refractivity contribution < 1.29 is 9.90 Å². The van der Waals surface area contributed by atoms with E-state index in [2.05, 4.69) is 4.98 Å². The molecule has 1 atom stereocenters. The van der Waals surface area contributed by atoms with Gasteiger partial charge in [0.25, 0.3) is 0 Å². The van der Waals surface area contributed by atoms with Crippen LogP contribution in [-0.2, 0) is 11.2 Å². The molecule has 0 bridgehead atoms. The number of ketones is 1. The number of allylic oxidation sites excluding steroid dienone is 1. The highest BCUT2D eigenvalue weighted by Crippen LogP contribution is 2.41. The molecule has 1 unspecified atom stereocenters. The molecule has 0 fully saturated rings. The molecule has 0 spiro atoms. The zero-order valence-electron chi connectivity index (χ0n) is 14.3. The lowest BCUT2D eigenvalue weighted by molar-refractivity contribution is -0.115. The first kappa shape index (κ1) is 16.3. The Kier molecular flexibility index (Phi) is 4.36. The monoisotopic (exact) mass is 341 g/mol. The van der Waals surface area contributed by atoms with Crippen molar-refractivity contribution in [2.24, 2.45) is 0 Å². The number of Topliss-reactive ketones (excluding diaryl/α,β-unsaturated/α-hetero) is 1. The fourth-order valence-corrected chi connectivity index (χ4v) is 3.61. The second-order valence-corrected chi connectivity index (χ2v) is 6.49. The van der Waals surface area contributed by atoms with Gasteiger partial charge in [-0.3, -0.25) is 9.78 Å². The summed E-state index contributed by atoms with van der Waals surface area (Å²) in [6.45, 7) is 0. The number of aromatic nitrogens is 1. The summed E-state index contributed by atoms with van der Waals surface area (Å²) < 4.78 is 0. The van der Waals surface area contributed by atoms with Crippen LogP contribution < -0.4 is 0 Å². The van der Waals surface area contributed by atoms with Crippen LogP contribution in [0.15, 0.2) is 79.1 Å². The number of aliphatic hydroxyl groups excluding tert-OH is 1. The number of pyridine rings is 1. The number of aliphatic hydroxyl groups is 1. The van der Waals surface area contributed by atoms with Gasteiger partial charge in [0.2, 0.25) is 0 Å². The van der Waals surface area contributed by atoms with Crippen LogP contribution in [0.4, 0.5) is 0 Å². The van der Waals surface area contributed by atoms with Crippen molar-refractivity contribution in [2.45, 2.75) is 18.8 Å². The highest BCUT2D eigenvalue weighted by Gasteiger charge is 2.34. The molecule has 1 heterocycles. The molecule has 0 radical (unpaired) electrons. The lowest BCUT2D eigenvalue weighted by Crippen LogP contribution is -2.22. The van der Waals surface area contributed by atoms with E-state index >= 15 is 0 Å². The van der Waals surface area contributed by atoms with Gasteiger partial charge in [0.1, 0.15) is 5.76 Å². The Morgan fingerprint density at radius 1 is 0.923 bits per heavy atom. The van der Waals surface area contributed by atoms with Gasteiger partial charge in [-0.25, -0.2) is 0 Å². The van der Waals surface area contributed by atoms with E-state index in [9.17, 15) is 9.90 Å². The smallest absolute Gasteiger partial charge is 0.174 e. The number of hydrogen-bond acceptors (Lipinski definition) is 3. The predicted octanol–water partition coefficient (Wildman–Crippen LogP) is 4.81. The van der Waals surface area contributed by atoms with E-state index in [1.165, 1.54) is 0 Å². The lowest BCUT2D eigenvalue weighted by Gasteiger charge is -2.26. The molecule has 4 rings (SSSR count). The van der Waals surface area contributed by atoms with Crippen LogP contribution in [0, 0.1) is 0 Å². The highest BCUT2D eigenvalue weighted by atomic mass is 16.3. The Hall–Kier alpha value is -3.20. The van der Waals surface area contributed by atoms with Crippen LogP contribution in [0.5, 0.6) is 0 Å². The first-order valence-corrected chi connectivity index (χ1v) is 8.77. The summed E-state index contributed by atoms with van der Waals surface area (Å²) in [7, 11) is 0. The summed E-state index contributed by atoms with van der Waals surface area (Å²) in [6.07, 6.45) is 5.04. The molecule has 3 heteroatoms. The van der Waals surface area contributed by atoms with Crippen LogP contribution in [0.2, 0.25) is 0 Å². The van der Waals surface area contributed by atoms with Crippen LogP contribution in [-0.4, -0.2) is 15.9 Å². The molecule has 128 valence electrons. The van der Waals surface area contributed by atoms with Gasteiger partial charge in [-0.05, 0) is 35.6 Å². The molecule has 26 heavy (non-hydrogen) atoms. The Labute approximate surface area is 152 Å². The van der Waals surface area contributed by atoms with Gasteiger partial charge in [0.05, 0.1) is 5.57 Å². The van der Waals surface area contributed by atoms with Crippen molar-refractivity contribution in [3.05, 3.63) is 101 Å². The average molecular weight is 341 g/mol. The Morgan fingerprint density at radius 2 is 1.69 bits per heavy atom. The summed E-state index contributed by atoms with van der Waals surface area (Å²) in [6, 6.07) is 21.0. The molecular weight excluding hydrogens is 322 g/mol. The van der Waals surface area contributed by atoms with Crippen LogP contribution >= 0.6 is 0 Å². The Bertz CT molecular complexity index is 962. The van der Waals surface area contributed by atoms with Gasteiger partial charge in [-0.1, -0.05) is 60.7 Å². The zero-order valence-corrected chi connectivity index (χ0v) is 14.3. The van der Waals surface area contributed by atoms with Gasteiger partial charge < -0.3 is 5.11 Å². The standard InChI is InChI=1S/C23H19NO2/c25-22-19-11-5-4-10-18(19)20(13-12-16-7-6-14-24-15-16)23(26)21(22)17-8-2-1-3-9-17/h1-11,14-15,20,25H,12-13H2. The summed E-state index contributed by atoms with van der Waals surface area (Å²) in [5.74, 6) is -0.205. The number of nitrogens with zero attached hydrogens (tertiary/aromatic N) is 1. The Morgan fingerprint density at radius 3 is 2.46 bits per heavy atom. The van der Waals surface area contributed by atoms with Crippen molar-refractivity contribution in [2.75, 3.05) is 0 Å². The zero-order chi connectivity index (χ0) is 17.9. The van der Waals surface area contributed by atoms with E-state index in [-0.39, 0.29) is 17.5 Å². The molecule has 1 aliphatic rings. The second kappa shape index (κ2) is 6.96. The first-order chi connectivity index (χ1) is 12.8. The molecule has 1 N–H and O–H groups in total. The fraction of sp³-hybridized carbons (Fsp3) is 0.130. The third-order valence-corrected chi connectivity index (χ3v) is 4.90. The minimum atomic E-state index is -0.266. The maximum atomic E-state index is 13.3. The van der Waals surface area contributed by atoms with Crippen LogP contribution in [0.25, 0.3) is 11.3 Å². The van der Waals surface area contributed by atoms with E-state index in [0.29, 0.717) is 12.0 Å². The number of carbonyl (C=O) groups is 1. The largest absolute Gasteiger partial charge is 0.507 e. The minimum Gasteiger partial charge on any atom is -0.507 e. The molecule has 3 nitrogen and oxygen atoms in total. The third kappa shape index (κ3) is 2.93. The molecule has 0 aliphatic heterocycles. The number of rotatable bonds is 4. The average Bonchev–Trinajstić information content (AvgIpc) is 2.70. The van der Waals surface area contributed by atoms with E-state index in [0.717, 1.165) is 28.7 Å². The van der Waals surface area contributed by atoms with E-state index in [1.807, 2.05) is 72.9 Å². The summed E-state index contributed by atoms with van der Waals surface area (Å²) in [5, 5.41) is 10.8. The van der Waals surface area contributed by atoms with Crippen molar-refractivity contribution >= 4 is 17.1 Å². The second-order valence-electron chi connectivity index (χ2n) is 6.49. The van der Waals surface area contributed by atoms with Gasteiger partial charge in [0, 0.05) is 23.9 Å². The molecule has 0 saturated carbocycles. The van der Waals surface area contributed by atoms with E-state index in [4.69, 9.17) is 0 Å². The van der Waals surface area contributed by atoms with Crippen LogP contribution in [0.3, 0.4) is 0 Å². The number of fused-ring (bicyclic) bond motifs is 1. The molecule has 0 amide bonds. The quantitative estimate of drug-likeness (QED) is 0.741. The molecule has 0 saturated heterocycles. The van der Waals surface area contributed by atoms with E-state index < -0.39 is 0 Å². The van der Waals surface area contributed by atoms with Gasteiger partial charge >= 0.3 is 0 Å². The Balaban J connectivity index is 1.75.